The molecule has 2 aromatic carbocycles. The summed E-state index contributed by atoms with van der Waals surface area (Å²) in [6.45, 7) is 4.11. The zero-order valence-corrected chi connectivity index (χ0v) is 16.7. The number of para-hydroxylation sites is 1. The van der Waals surface area contributed by atoms with Gasteiger partial charge >= 0.3 is 0 Å². The highest BCUT2D eigenvalue weighted by molar-refractivity contribution is 5.85. The van der Waals surface area contributed by atoms with Crippen molar-refractivity contribution in [1.82, 2.24) is 4.90 Å². The van der Waals surface area contributed by atoms with Crippen LogP contribution in [-0.4, -0.2) is 52.4 Å². The highest BCUT2D eigenvalue weighted by atomic mass is 35.5. The van der Waals surface area contributed by atoms with Crippen LogP contribution >= 0.6 is 12.4 Å². The van der Waals surface area contributed by atoms with Crippen molar-refractivity contribution in [3.63, 3.8) is 0 Å². The SMILES string of the molecule is COc1cc(CN2CCN(c3ccccc3F)CC2)cc(OC)c1OC.Cl. The molecule has 148 valence electrons. The fourth-order valence-electron chi connectivity index (χ4n) is 3.34. The van der Waals surface area contributed by atoms with E-state index >= 15 is 0 Å². The third-order valence-corrected chi connectivity index (χ3v) is 4.70. The number of hydrogen-bond acceptors (Lipinski definition) is 5. The van der Waals surface area contributed by atoms with Crippen LogP contribution in [0.5, 0.6) is 17.2 Å². The van der Waals surface area contributed by atoms with Crippen molar-refractivity contribution < 1.29 is 18.6 Å². The average molecular weight is 397 g/mol. The number of benzene rings is 2. The Morgan fingerprint density at radius 1 is 0.889 bits per heavy atom. The van der Waals surface area contributed by atoms with Crippen LogP contribution < -0.4 is 19.1 Å². The molecule has 27 heavy (non-hydrogen) atoms. The van der Waals surface area contributed by atoms with Gasteiger partial charge in [0, 0.05) is 32.7 Å². The van der Waals surface area contributed by atoms with Crippen LogP contribution in [0, 0.1) is 5.82 Å². The maximum atomic E-state index is 14.0. The molecule has 0 bridgehead atoms. The normalized spacial score (nSPS) is 14.4. The largest absolute Gasteiger partial charge is 0.493 e. The molecule has 0 N–H and O–H groups in total. The summed E-state index contributed by atoms with van der Waals surface area (Å²) in [5.74, 6) is 1.76. The van der Waals surface area contributed by atoms with Crippen LogP contribution in [0.3, 0.4) is 0 Å². The van der Waals surface area contributed by atoms with Gasteiger partial charge in [0.1, 0.15) is 5.82 Å². The molecule has 0 saturated carbocycles. The van der Waals surface area contributed by atoms with Crippen LogP contribution in [-0.2, 0) is 6.54 Å². The molecule has 0 atom stereocenters. The molecule has 7 heteroatoms. The lowest BCUT2D eigenvalue weighted by Crippen LogP contribution is -2.46. The summed E-state index contributed by atoms with van der Waals surface area (Å²) in [5, 5.41) is 0. The molecule has 0 unspecified atom stereocenters. The van der Waals surface area contributed by atoms with Crippen molar-refractivity contribution >= 4 is 18.1 Å². The molecule has 1 saturated heterocycles. The van der Waals surface area contributed by atoms with Crippen LogP contribution in [0.4, 0.5) is 10.1 Å². The van der Waals surface area contributed by atoms with Gasteiger partial charge < -0.3 is 19.1 Å². The van der Waals surface area contributed by atoms with E-state index in [1.165, 1.54) is 6.07 Å². The summed E-state index contributed by atoms with van der Waals surface area (Å²) in [7, 11) is 4.84. The zero-order chi connectivity index (χ0) is 18.5. The van der Waals surface area contributed by atoms with E-state index in [1.54, 1.807) is 27.4 Å². The van der Waals surface area contributed by atoms with Gasteiger partial charge in [-0.15, -0.1) is 12.4 Å². The van der Waals surface area contributed by atoms with E-state index in [4.69, 9.17) is 14.2 Å². The van der Waals surface area contributed by atoms with E-state index in [1.807, 2.05) is 24.3 Å². The second kappa shape index (κ2) is 9.67. The molecule has 2 aromatic rings. The maximum absolute atomic E-state index is 14.0. The van der Waals surface area contributed by atoms with Crippen LogP contribution in [0.2, 0.25) is 0 Å². The summed E-state index contributed by atoms with van der Waals surface area (Å²) < 4.78 is 30.2. The summed E-state index contributed by atoms with van der Waals surface area (Å²) in [6, 6.07) is 10.9. The molecule has 0 spiro atoms. The number of hydrogen-bond donors (Lipinski definition) is 0. The van der Waals surface area contributed by atoms with Crippen LogP contribution in [0.15, 0.2) is 36.4 Å². The van der Waals surface area contributed by atoms with Crippen molar-refractivity contribution in [2.75, 3.05) is 52.4 Å². The third-order valence-electron chi connectivity index (χ3n) is 4.70. The zero-order valence-electron chi connectivity index (χ0n) is 15.9. The molecule has 1 fully saturated rings. The molecule has 0 amide bonds. The van der Waals surface area contributed by atoms with E-state index in [-0.39, 0.29) is 18.2 Å². The van der Waals surface area contributed by atoms with Gasteiger partial charge in [-0.3, -0.25) is 4.90 Å². The molecular weight excluding hydrogens is 371 g/mol. The molecule has 0 aromatic heterocycles. The number of piperazine rings is 1. The van der Waals surface area contributed by atoms with Crippen molar-refractivity contribution in [3.8, 4) is 17.2 Å². The second-order valence-electron chi connectivity index (χ2n) is 6.25. The number of ether oxygens (including phenoxy) is 3. The van der Waals surface area contributed by atoms with Gasteiger partial charge in [-0.25, -0.2) is 4.39 Å². The minimum atomic E-state index is -0.162. The van der Waals surface area contributed by atoms with Gasteiger partial charge in [-0.1, -0.05) is 12.1 Å². The monoisotopic (exact) mass is 396 g/mol. The van der Waals surface area contributed by atoms with Gasteiger partial charge in [0.15, 0.2) is 11.5 Å². The Morgan fingerprint density at radius 3 is 2.00 bits per heavy atom. The van der Waals surface area contributed by atoms with Crippen molar-refractivity contribution in [2.24, 2.45) is 0 Å². The van der Waals surface area contributed by atoms with E-state index in [0.29, 0.717) is 22.9 Å². The molecule has 1 aliphatic rings. The molecule has 5 nitrogen and oxygen atoms in total. The Hall–Kier alpha value is -2.18. The summed E-state index contributed by atoms with van der Waals surface area (Å²) >= 11 is 0. The Bertz CT molecular complexity index is 727. The van der Waals surface area contributed by atoms with Gasteiger partial charge in [0.2, 0.25) is 5.75 Å². The number of rotatable bonds is 6. The van der Waals surface area contributed by atoms with E-state index in [0.717, 1.165) is 38.3 Å². The lowest BCUT2D eigenvalue weighted by molar-refractivity contribution is 0.248. The summed E-state index contributed by atoms with van der Waals surface area (Å²) in [4.78, 5) is 4.44. The predicted octanol–water partition coefficient (Wildman–Crippen LogP) is 3.60. The lowest BCUT2D eigenvalue weighted by atomic mass is 10.1. The second-order valence-corrected chi connectivity index (χ2v) is 6.25. The topological polar surface area (TPSA) is 34.2 Å². The predicted molar refractivity (Wildman–Crippen MR) is 107 cm³/mol. The minimum absolute atomic E-state index is 0. The van der Waals surface area contributed by atoms with E-state index < -0.39 is 0 Å². The Labute approximate surface area is 166 Å². The standard InChI is InChI=1S/C20H25FN2O3.ClH/c1-24-18-12-15(13-19(25-2)20(18)26-3)14-22-8-10-23(11-9-22)17-7-5-4-6-16(17)21;/h4-7,12-13H,8-11,14H2,1-3H3;1H. The highest BCUT2D eigenvalue weighted by Crippen LogP contribution is 2.38. The Morgan fingerprint density at radius 2 is 1.48 bits per heavy atom. The summed E-state index contributed by atoms with van der Waals surface area (Å²) in [5.41, 5.74) is 1.78. The lowest BCUT2D eigenvalue weighted by Gasteiger charge is -2.36. The molecule has 1 heterocycles. The van der Waals surface area contributed by atoms with E-state index in [2.05, 4.69) is 9.80 Å². The van der Waals surface area contributed by atoms with Gasteiger partial charge in [-0.2, -0.15) is 0 Å². The highest BCUT2D eigenvalue weighted by Gasteiger charge is 2.20. The smallest absolute Gasteiger partial charge is 0.203 e. The molecule has 3 rings (SSSR count). The van der Waals surface area contributed by atoms with Crippen molar-refractivity contribution in [3.05, 3.63) is 47.8 Å². The Balaban J connectivity index is 0.00000261. The summed E-state index contributed by atoms with van der Waals surface area (Å²) in [6.07, 6.45) is 0. The maximum Gasteiger partial charge on any atom is 0.203 e. The van der Waals surface area contributed by atoms with Gasteiger partial charge in [-0.05, 0) is 29.8 Å². The van der Waals surface area contributed by atoms with Crippen molar-refractivity contribution in [1.29, 1.82) is 0 Å². The Kier molecular flexibility index (Phi) is 7.56. The quantitative estimate of drug-likeness (QED) is 0.745. The first-order chi connectivity index (χ1) is 12.7. The number of nitrogens with zero attached hydrogens (tertiary/aromatic N) is 2. The third kappa shape index (κ3) is 4.76. The first kappa shape index (κ1) is 21.1. The fourth-order valence-corrected chi connectivity index (χ4v) is 3.34. The number of anilines is 1. The molecule has 1 aliphatic heterocycles. The van der Waals surface area contributed by atoms with E-state index in [9.17, 15) is 4.39 Å². The minimum Gasteiger partial charge on any atom is -0.493 e. The van der Waals surface area contributed by atoms with Gasteiger partial charge in [0.25, 0.3) is 0 Å². The first-order valence-corrected chi connectivity index (χ1v) is 8.67. The fraction of sp³-hybridized carbons (Fsp3) is 0.400. The van der Waals surface area contributed by atoms with Gasteiger partial charge in [0.05, 0.1) is 27.0 Å². The number of methoxy groups -OCH3 is 3. The van der Waals surface area contributed by atoms with Crippen molar-refractivity contribution in [2.45, 2.75) is 6.54 Å². The van der Waals surface area contributed by atoms with Crippen LogP contribution in [0.25, 0.3) is 0 Å². The first-order valence-electron chi connectivity index (χ1n) is 8.67. The average Bonchev–Trinajstić information content (AvgIpc) is 2.68. The van der Waals surface area contributed by atoms with Crippen LogP contribution in [0.1, 0.15) is 5.56 Å². The molecule has 0 radical (unpaired) electrons. The molecular formula is C20H26ClFN2O3. The number of halogens is 2. The molecule has 0 aliphatic carbocycles.